The minimum absolute atomic E-state index is 0.199. The zero-order chi connectivity index (χ0) is 14.5. The van der Waals surface area contributed by atoms with Crippen LogP contribution in [0.2, 0.25) is 0 Å². The van der Waals surface area contributed by atoms with Gasteiger partial charge in [-0.25, -0.2) is 0 Å². The van der Waals surface area contributed by atoms with E-state index in [1.165, 1.54) is 19.3 Å². The Morgan fingerprint density at radius 1 is 1.20 bits per heavy atom. The van der Waals surface area contributed by atoms with Crippen LogP contribution < -0.4 is 4.90 Å². The Labute approximate surface area is 121 Å². The summed E-state index contributed by atoms with van der Waals surface area (Å²) in [6.45, 7) is 5.20. The van der Waals surface area contributed by atoms with Gasteiger partial charge in [0.05, 0.1) is 6.42 Å². The second kappa shape index (κ2) is 6.78. The van der Waals surface area contributed by atoms with Crippen LogP contribution >= 0.6 is 0 Å². The van der Waals surface area contributed by atoms with Crippen molar-refractivity contribution in [2.24, 2.45) is 11.8 Å². The summed E-state index contributed by atoms with van der Waals surface area (Å²) in [7, 11) is 0. The number of rotatable bonds is 5. The number of anilines is 1. The van der Waals surface area contributed by atoms with Crippen LogP contribution in [-0.4, -0.2) is 23.7 Å². The molecule has 110 valence electrons. The molecule has 0 aromatic heterocycles. The molecule has 0 bridgehead atoms. The first-order chi connectivity index (χ1) is 9.59. The summed E-state index contributed by atoms with van der Waals surface area (Å²) in [5.41, 5.74) is 1.15. The van der Waals surface area contributed by atoms with E-state index in [9.17, 15) is 4.79 Å². The third-order valence-electron chi connectivity index (χ3n) is 4.50. The fraction of sp³-hybridized carbons (Fsp3) is 0.588. The predicted octanol–water partition coefficient (Wildman–Crippen LogP) is 3.79. The fourth-order valence-corrected chi connectivity index (χ4v) is 3.56. The van der Waals surface area contributed by atoms with Gasteiger partial charge in [-0.2, -0.15) is 0 Å². The van der Waals surface area contributed by atoms with Crippen LogP contribution in [0.3, 0.4) is 0 Å². The highest BCUT2D eigenvalue weighted by atomic mass is 16.4. The first kappa shape index (κ1) is 14.9. The van der Waals surface area contributed by atoms with Gasteiger partial charge in [0.1, 0.15) is 0 Å². The lowest BCUT2D eigenvalue weighted by molar-refractivity contribution is -0.136. The number of aliphatic carboxylic acids is 1. The maximum atomic E-state index is 11.0. The van der Waals surface area contributed by atoms with Crippen LogP contribution in [0, 0.1) is 11.8 Å². The van der Waals surface area contributed by atoms with Crippen LogP contribution in [0.5, 0.6) is 0 Å². The second-order valence-electron chi connectivity index (χ2n) is 6.05. The van der Waals surface area contributed by atoms with E-state index in [2.05, 4.69) is 30.9 Å². The van der Waals surface area contributed by atoms with Gasteiger partial charge in [-0.1, -0.05) is 38.5 Å². The minimum Gasteiger partial charge on any atom is -0.481 e. The first-order valence-electron chi connectivity index (χ1n) is 7.63. The average molecular weight is 275 g/mol. The molecule has 0 spiro atoms. The molecule has 0 aliphatic heterocycles. The number of nitrogens with zero attached hydrogens (tertiary/aromatic N) is 1. The van der Waals surface area contributed by atoms with Gasteiger partial charge in [-0.15, -0.1) is 0 Å². The molecule has 0 radical (unpaired) electrons. The molecule has 3 heteroatoms. The normalized spacial score (nSPS) is 26.2. The molecule has 1 saturated carbocycles. The van der Waals surface area contributed by atoms with E-state index in [0.717, 1.165) is 5.69 Å². The summed E-state index contributed by atoms with van der Waals surface area (Å²) in [5, 5.41) is 9.01. The molecule has 1 aliphatic carbocycles. The lowest BCUT2D eigenvalue weighted by atomic mass is 9.77. The number of carbonyl (C=O) groups is 1. The predicted molar refractivity (Wildman–Crippen MR) is 82.0 cm³/mol. The molecule has 3 nitrogen and oxygen atoms in total. The van der Waals surface area contributed by atoms with E-state index in [4.69, 9.17) is 5.11 Å². The number of hydrogen-bond donors (Lipinski definition) is 1. The molecule has 1 N–H and O–H groups in total. The molecule has 20 heavy (non-hydrogen) atoms. The number of carboxylic acids is 1. The molecule has 2 rings (SSSR count). The van der Waals surface area contributed by atoms with E-state index < -0.39 is 5.97 Å². The standard InChI is InChI=1S/C17H25NO2/c1-13-7-6-8-14(2)17(13)18(12-11-16(19)20)15-9-4-3-5-10-15/h3-5,9-10,13-14,17H,6-8,11-12H2,1-2H3,(H,19,20). The van der Waals surface area contributed by atoms with Crippen molar-refractivity contribution >= 4 is 11.7 Å². The average Bonchev–Trinajstić information content (AvgIpc) is 2.42. The third kappa shape index (κ3) is 3.53. The molecule has 0 heterocycles. The van der Waals surface area contributed by atoms with Gasteiger partial charge < -0.3 is 10.0 Å². The smallest absolute Gasteiger partial charge is 0.305 e. The molecule has 1 fully saturated rings. The molecule has 1 aromatic rings. The Bertz CT molecular complexity index is 422. The SMILES string of the molecule is CC1CCCC(C)C1N(CCC(=O)O)c1ccccc1. The monoisotopic (exact) mass is 275 g/mol. The molecule has 2 unspecified atom stereocenters. The van der Waals surface area contributed by atoms with Crippen molar-refractivity contribution in [3.8, 4) is 0 Å². The topological polar surface area (TPSA) is 40.5 Å². The zero-order valence-electron chi connectivity index (χ0n) is 12.5. The Kier molecular flexibility index (Phi) is 5.05. The molecular weight excluding hydrogens is 250 g/mol. The summed E-state index contributed by atoms with van der Waals surface area (Å²) in [5.74, 6) is 0.516. The Hall–Kier alpha value is -1.51. The Morgan fingerprint density at radius 2 is 1.80 bits per heavy atom. The van der Waals surface area contributed by atoms with E-state index in [0.29, 0.717) is 24.4 Å². The van der Waals surface area contributed by atoms with Gasteiger partial charge >= 0.3 is 5.97 Å². The quantitative estimate of drug-likeness (QED) is 0.888. The van der Waals surface area contributed by atoms with Crippen molar-refractivity contribution in [2.75, 3.05) is 11.4 Å². The summed E-state index contributed by atoms with van der Waals surface area (Å²) < 4.78 is 0. The van der Waals surface area contributed by atoms with Gasteiger partial charge in [0.2, 0.25) is 0 Å². The van der Waals surface area contributed by atoms with Crippen LogP contribution in [0.1, 0.15) is 39.5 Å². The summed E-state index contributed by atoms with van der Waals surface area (Å²) >= 11 is 0. The Balaban J connectivity index is 2.22. The highest BCUT2D eigenvalue weighted by molar-refractivity contribution is 5.67. The summed E-state index contributed by atoms with van der Waals surface area (Å²) in [6.07, 6.45) is 3.97. The molecule has 0 saturated heterocycles. The molecule has 2 atom stereocenters. The van der Waals surface area contributed by atoms with Crippen LogP contribution in [-0.2, 0) is 4.79 Å². The van der Waals surface area contributed by atoms with Crippen LogP contribution in [0.25, 0.3) is 0 Å². The van der Waals surface area contributed by atoms with Crippen LogP contribution in [0.15, 0.2) is 30.3 Å². The maximum Gasteiger partial charge on any atom is 0.305 e. The van der Waals surface area contributed by atoms with Gasteiger partial charge in [-0.3, -0.25) is 4.79 Å². The van der Waals surface area contributed by atoms with Crippen molar-refractivity contribution in [1.29, 1.82) is 0 Å². The lowest BCUT2D eigenvalue weighted by Gasteiger charge is -2.44. The second-order valence-corrected chi connectivity index (χ2v) is 6.05. The van der Waals surface area contributed by atoms with E-state index in [1.807, 2.05) is 18.2 Å². The van der Waals surface area contributed by atoms with Gasteiger partial charge in [0.15, 0.2) is 0 Å². The van der Waals surface area contributed by atoms with Gasteiger partial charge in [0, 0.05) is 18.3 Å². The Morgan fingerprint density at radius 3 is 2.35 bits per heavy atom. The molecule has 1 aliphatic rings. The van der Waals surface area contributed by atoms with Crippen molar-refractivity contribution in [1.82, 2.24) is 0 Å². The van der Waals surface area contributed by atoms with Gasteiger partial charge in [0.25, 0.3) is 0 Å². The molecule has 0 amide bonds. The highest BCUT2D eigenvalue weighted by Gasteiger charge is 2.32. The van der Waals surface area contributed by atoms with Crippen LogP contribution in [0.4, 0.5) is 5.69 Å². The molecule has 1 aromatic carbocycles. The first-order valence-corrected chi connectivity index (χ1v) is 7.63. The van der Waals surface area contributed by atoms with Crippen molar-refractivity contribution < 1.29 is 9.90 Å². The van der Waals surface area contributed by atoms with Crippen molar-refractivity contribution in [2.45, 2.75) is 45.6 Å². The number of benzene rings is 1. The lowest BCUT2D eigenvalue weighted by Crippen LogP contribution is -2.47. The van der Waals surface area contributed by atoms with Gasteiger partial charge in [-0.05, 0) is 36.8 Å². The van der Waals surface area contributed by atoms with E-state index >= 15 is 0 Å². The third-order valence-corrected chi connectivity index (χ3v) is 4.50. The largest absolute Gasteiger partial charge is 0.481 e. The fourth-order valence-electron chi connectivity index (χ4n) is 3.56. The molecular formula is C17H25NO2. The van der Waals surface area contributed by atoms with Crippen molar-refractivity contribution in [3.05, 3.63) is 30.3 Å². The minimum atomic E-state index is -0.720. The van der Waals surface area contributed by atoms with Crippen molar-refractivity contribution in [3.63, 3.8) is 0 Å². The van der Waals surface area contributed by atoms with E-state index in [-0.39, 0.29) is 6.42 Å². The summed E-state index contributed by atoms with van der Waals surface area (Å²) in [4.78, 5) is 13.3. The number of para-hydroxylation sites is 1. The maximum absolute atomic E-state index is 11.0. The zero-order valence-corrected chi connectivity index (χ0v) is 12.5. The summed E-state index contributed by atoms with van der Waals surface area (Å²) in [6, 6.07) is 10.7. The number of hydrogen-bond acceptors (Lipinski definition) is 2. The number of carboxylic acid groups (broad SMARTS) is 1. The highest BCUT2D eigenvalue weighted by Crippen LogP contribution is 2.35. The van der Waals surface area contributed by atoms with E-state index in [1.54, 1.807) is 0 Å².